The molecule has 1 aliphatic rings. The minimum atomic E-state index is -0.0935. The minimum absolute atomic E-state index is 0.0408. The van der Waals surface area contributed by atoms with E-state index in [0.717, 1.165) is 34.4 Å². The van der Waals surface area contributed by atoms with E-state index in [0.29, 0.717) is 29.4 Å². The Balaban J connectivity index is 1.41. The topological polar surface area (TPSA) is 80.1 Å². The van der Waals surface area contributed by atoms with E-state index >= 15 is 0 Å². The van der Waals surface area contributed by atoms with E-state index in [4.69, 9.17) is 4.98 Å². The van der Waals surface area contributed by atoms with Crippen LogP contribution in [0, 0.1) is 0 Å². The van der Waals surface area contributed by atoms with Crippen LogP contribution in [0.1, 0.15) is 59.0 Å². The molecule has 1 aromatic carbocycles. The van der Waals surface area contributed by atoms with Crippen LogP contribution in [0.25, 0.3) is 21.6 Å². The standard InChI is InChI=1S/C26H27N5O2S/c1-16(2)31-24-21(14-27-31)20(13-22(29-24)23-5-4-12-34-23)26(33)30(3)15-17-6-8-18(9-7-17)25(32)28-19-10-11-19/h4-9,12-14,16,19H,10-11,15H2,1-3H3,(H,28,32). The number of hydrogen-bond acceptors (Lipinski definition) is 5. The van der Waals surface area contributed by atoms with Crippen molar-refractivity contribution < 1.29 is 9.59 Å². The number of carbonyl (C=O) groups excluding carboxylic acids is 2. The summed E-state index contributed by atoms with van der Waals surface area (Å²) in [4.78, 5) is 33.3. The maximum absolute atomic E-state index is 13.6. The summed E-state index contributed by atoms with van der Waals surface area (Å²) >= 11 is 1.59. The second-order valence-electron chi connectivity index (χ2n) is 9.06. The number of nitrogens with one attached hydrogen (secondary N) is 1. The SMILES string of the molecule is CC(C)n1ncc2c(C(=O)N(C)Cc3ccc(C(=O)NC4CC4)cc3)cc(-c3cccs3)nc21. The van der Waals surface area contributed by atoms with E-state index in [2.05, 4.69) is 10.4 Å². The van der Waals surface area contributed by atoms with Gasteiger partial charge in [-0.1, -0.05) is 18.2 Å². The summed E-state index contributed by atoms with van der Waals surface area (Å²) < 4.78 is 1.86. The van der Waals surface area contributed by atoms with Crippen LogP contribution in [-0.2, 0) is 6.54 Å². The highest BCUT2D eigenvalue weighted by atomic mass is 32.1. The number of hydrogen-bond donors (Lipinski definition) is 1. The molecule has 7 nitrogen and oxygen atoms in total. The zero-order valence-electron chi connectivity index (χ0n) is 19.5. The molecule has 0 radical (unpaired) electrons. The summed E-state index contributed by atoms with van der Waals surface area (Å²) in [6.45, 7) is 4.53. The Morgan fingerprint density at radius 1 is 1.21 bits per heavy atom. The second kappa shape index (κ2) is 9.02. The van der Waals surface area contributed by atoms with Gasteiger partial charge in [-0.15, -0.1) is 11.3 Å². The van der Waals surface area contributed by atoms with Crippen LogP contribution in [0.15, 0.2) is 54.0 Å². The van der Waals surface area contributed by atoms with Crippen molar-refractivity contribution in [1.29, 1.82) is 0 Å². The largest absolute Gasteiger partial charge is 0.349 e. The first-order chi connectivity index (χ1) is 16.4. The van der Waals surface area contributed by atoms with Gasteiger partial charge in [-0.05, 0) is 61.9 Å². The predicted octanol–water partition coefficient (Wildman–Crippen LogP) is 4.91. The molecule has 8 heteroatoms. The molecule has 5 rings (SSSR count). The lowest BCUT2D eigenvalue weighted by Gasteiger charge is -2.19. The molecule has 2 amide bonds. The molecule has 0 bridgehead atoms. The normalized spacial score (nSPS) is 13.4. The predicted molar refractivity (Wildman–Crippen MR) is 134 cm³/mol. The van der Waals surface area contributed by atoms with E-state index in [9.17, 15) is 9.59 Å². The Kier molecular flexibility index (Phi) is 5.91. The Morgan fingerprint density at radius 3 is 2.62 bits per heavy atom. The summed E-state index contributed by atoms with van der Waals surface area (Å²) in [5.74, 6) is -0.134. The molecule has 174 valence electrons. The highest BCUT2D eigenvalue weighted by Gasteiger charge is 2.24. The third kappa shape index (κ3) is 4.46. The summed E-state index contributed by atoms with van der Waals surface area (Å²) in [6.07, 6.45) is 3.85. The molecule has 3 heterocycles. The van der Waals surface area contributed by atoms with Crippen molar-refractivity contribution in [2.75, 3.05) is 7.05 Å². The van der Waals surface area contributed by atoms with Gasteiger partial charge in [0.25, 0.3) is 11.8 Å². The molecule has 0 aliphatic heterocycles. The van der Waals surface area contributed by atoms with Gasteiger partial charge in [-0.25, -0.2) is 9.67 Å². The summed E-state index contributed by atoms with van der Waals surface area (Å²) in [5.41, 5.74) is 3.67. The van der Waals surface area contributed by atoms with Gasteiger partial charge in [-0.3, -0.25) is 9.59 Å². The number of rotatable bonds is 7. The van der Waals surface area contributed by atoms with Crippen LogP contribution in [-0.4, -0.2) is 44.6 Å². The lowest BCUT2D eigenvalue weighted by Crippen LogP contribution is -2.27. The van der Waals surface area contributed by atoms with E-state index in [-0.39, 0.29) is 17.9 Å². The van der Waals surface area contributed by atoms with Crippen LogP contribution in [0.3, 0.4) is 0 Å². The van der Waals surface area contributed by atoms with Crippen molar-refractivity contribution in [2.24, 2.45) is 0 Å². The van der Waals surface area contributed by atoms with Gasteiger partial charge >= 0.3 is 0 Å². The molecule has 0 unspecified atom stereocenters. The van der Waals surface area contributed by atoms with Gasteiger partial charge in [0.1, 0.15) is 0 Å². The molecule has 34 heavy (non-hydrogen) atoms. The Labute approximate surface area is 202 Å². The average Bonchev–Trinajstić information content (AvgIpc) is 3.30. The average molecular weight is 474 g/mol. The van der Waals surface area contributed by atoms with E-state index < -0.39 is 0 Å². The van der Waals surface area contributed by atoms with Gasteiger partial charge in [0.2, 0.25) is 0 Å². The minimum Gasteiger partial charge on any atom is -0.349 e. The smallest absolute Gasteiger partial charge is 0.254 e. The number of nitrogens with zero attached hydrogens (tertiary/aromatic N) is 4. The number of benzene rings is 1. The summed E-state index contributed by atoms with van der Waals surface area (Å²) in [6, 6.07) is 13.7. The number of pyridine rings is 1. The molecule has 1 N–H and O–H groups in total. The lowest BCUT2D eigenvalue weighted by molar-refractivity contribution is 0.0786. The van der Waals surface area contributed by atoms with Gasteiger partial charge < -0.3 is 10.2 Å². The zero-order valence-corrected chi connectivity index (χ0v) is 20.3. The van der Waals surface area contributed by atoms with Crippen LogP contribution in [0.2, 0.25) is 0 Å². The zero-order chi connectivity index (χ0) is 23.8. The number of amides is 2. The van der Waals surface area contributed by atoms with Crippen LogP contribution < -0.4 is 5.32 Å². The highest BCUT2D eigenvalue weighted by Crippen LogP contribution is 2.29. The molecular weight excluding hydrogens is 446 g/mol. The number of carbonyl (C=O) groups is 2. The van der Waals surface area contributed by atoms with E-state index in [1.807, 2.05) is 66.4 Å². The number of thiophene rings is 1. The molecule has 1 fully saturated rings. The third-order valence-corrected chi connectivity index (χ3v) is 6.85. The van der Waals surface area contributed by atoms with Crippen molar-refractivity contribution in [3.8, 4) is 10.6 Å². The Hall–Kier alpha value is -3.52. The molecule has 0 atom stereocenters. The van der Waals surface area contributed by atoms with Crippen molar-refractivity contribution >= 4 is 34.2 Å². The van der Waals surface area contributed by atoms with Gasteiger partial charge in [0, 0.05) is 31.2 Å². The van der Waals surface area contributed by atoms with Gasteiger partial charge in [-0.2, -0.15) is 5.10 Å². The first-order valence-corrected chi connectivity index (χ1v) is 12.4. The van der Waals surface area contributed by atoms with Crippen LogP contribution in [0.4, 0.5) is 0 Å². The first kappa shape index (κ1) is 22.3. The van der Waals surface area contributed by atoms with E-state index in [1.165, 1.54) is 0 Å². The van der Waals surface area contributed by atoms with Crippen LogP contribution >= 0.6 is 11.3 Å². The number of fused-ring (bicyclic) bond motifs is 1. The Bertz CT molecular complexity index is 1340. The fourth-order valence-corrected chi connectivity index (χ4v) is 4.62. The molecule has 0 spiro atoms. The third-order valence-electron chi connectivity index (χ3n) is 5.96. The van der Waals surface area contributed by atoms with Crippen molar-refractivity contribution in [3.63, 3.8) is 0 Å². The number of aromatic nitrogens is 3. The fraction of sp³-hybridized carbons (Fsp3) is 0.308. The molecular formula is C26H27N5O2S. The van der Waals surface area contributed by atoms with Crippen molar-refractivity contribution in [3.05, 3.63) is 70.7 Å². The van der Waals surface area contributed by atoms with E-state index in [1.54, 1.807) is 29.5 Å². The second-order valence-corrected chi connectivity index (χ2v) is 10.0. The molecule has 3 aromatic heterocycles. The maximum Gasteiger partial charge on any atom is 0.254 e. The van der Waals surface area contributed by atoms with Crippen LogP contribution in [0.5, 0.6) is 0 Å². The first-order valence-electron chi connectivity index (χ1n) is 11.5. The molecule has 4 aromatic rings. The monoisotopic (exact) mass is 473 g/mol. The lowest BCUT2D eigenvalue weighted by atomic mass is 10.1. The van der Waals surface area contributed by atoms with Crippen molar-refractivity contribution in [1.82, 2.24) is 25.0 Å². The Morgan fingerprint density at radius 2 is 1.97 bits per heavy atom. The highest BCUT2D eigenvalue weighted by molar-refractivity contribution is 7.13. The van der Waals surface area contributed by atoms with Gasteiger partial charge in [0.15, 0.2) is 5.65 Å². The molecule has 1 saturated carbocycles. The molecule has 0 saturated heterocycles. The fourth-order valence-electron chi connectivity index (χ4n) is 3.93. The quantitative estimate of drug-likeness (QED) is 0.414. The van der Waals surface area contributed by atoms with Crippen molar-refractivity contribution in [2.45, 2.75) is 45.3 Å². The van der Waals surface area contributed by atoms with Gasteiger partial charge in [0.05, 0.1) is 27.7 Å². The summed E-state index contributed by atoms with van der Waals surface area (Å²) in [7, 11) is 1.79. The summed E-state index contributed by atoms with van der Waals surface area (Å²) in [5, 5.41) is 10.3. The molecule has 1 aliphatic carbocycles. The maximum atomic E-state index is 13.6.